The Labute approximate surface area is 173 Å². The number of nitrogens with one attached hydrogen (secondary N) is 1. The third-order valence-electron chi connectivity index (χ3n) is 4.35. The van der Waals surface area contributed by atoms with E-state index >= 15 is 0 Å². The van der Waals surface area contributed by atoms with Crippen molar-refractivity contribution in [3.8, 4) is 0 Å². The van der Waals surface area contributed by atoms with Gasteiger partial charge < -0.3 is 15.0 Å². The van der Waals surface area contributed by atoms with Crippen LogP contribution >= 0.6 is 11.8 Å². The molecule has 0 bridgehead atoms. The van der Waals surface area contributed by atoms with Crippen LogP contribution in [0.15, 0.2) is 18.2 Å². The molecule has 0 unspecified atom stereocenters. The molecule has 1 saturated heterocycles. The highest BCUT2D eigenvalue weighted by atomic mass is 32.2. The summed E-state index contributed by atoms with van der Waals surface area (Å²) in [4.78, 5) is 49.5. The van der Waals surface area contributed by atoms with Crippen LogP contribution in [0.1, 0.15) is 47.9 Å². The average molecular weight is 423 g/mol. The molecule has 1 N–H and O–H groups in total. The van der Waals surface area contributed by atoms with Gasteiger partial charge in [0.25, 0.3) is 11.6 Å². The number of benzene rings is 1. The molecule has 1 aromatic carbocycles. The molecule has 0 spiro atoms. The second kappa shape index (κ2) is 10.2. The van der Waals surface area contributed by atoms with Crippen molar-refractivity contribution in [1.29, 1.82) is 0 Å². The lowest BCUT2D eigenvalue weighted by atomic mass is 10.1. The Morgan fingerprint density at radius 2 is 2.00 bits per heavy atom. The quantitative estimate of drug-likeness (QED) is 0.387. The van der Waals surface area contributed by atoms with Crippen LogP contribution in [-0.4, -0.2) is 58.4 Å². The number of nitrogens with zero attached hydrogens (tertiary/aromatic N) is 2. The van der Waals surface area contributed by atoms with Gasteiger partial charge in [0, 0.05) is 30.0 Å². The van der Waals surface area contributed by atoms with Crippen molar-refractivity contribution < 1.29 is 24.0 Å². The smallest absolute Gasteiger partial charge is 0.338 e. The number of hydrogen-bond acceptors (Lipinski definition) is 7. The number of amides is 2. The van der Waals surface area contributed by atoms with Crippen molar-refractivity contribution in [1.82, 2.24) is 10.2 Å². The fourth-order valence-corrected chi connectivity index (χ4v) is 3.95. The largest absolute Gasteiger partial charge is 0.462 e. The summed E-state index contributed by atoms with van der Waals surface area (Å²) in [6, 6.07) is 2.79. The molecule has 0 radical (unpaired) electrons. The van der Waals surface area contributed by atoms with Crippen LogP contribution in [0.5, 0.6) is 0 Å². The Morgan fingerprint density at radius 3 is 2.62 bits per heavy atom. The van der Waals surface area contributed by atoms with Gasteiger partial charge in [-0.15, -0.1) is 11.8 Å². The number of rotatable bonds is 8. The molecule has 1 fully saturated rings. The molecule has 0 aromatic heterocycles. The van der Waals surface area contributed by atoms with E-state index in [1.54, 1.807) is 6.92 Å². The lowest BCUT2D eigenvalue weighted by Gasteiger charge is -2.23. The first-order valence-electron chi connectivity index (χ1n) is 9.37. The first-order chi connectivity index (χ1) is 13.7. The fourth-order valence-electron chi connectivity index (χ4n) is 2.80. The number of esters is 1. The van der Waals surface area contributed by atoms with Gasteiger partial charge in [-0.25, -0.2) is 4.79 Å². The van der Waals surface area contributed by atoms with Gasteiger partial charge in [-0.2, -0.15) is 0 Å². The molecule has 1 aromatic rings. The van der Waals surface area contributed by atoms with Crippen molar-refractivity contribution in [3.63, 3.8) is 0 Å². The number of ether oxygens (including phenoxy) is 1. The van der Waals surface area contributed by atoms with E-state index < -0.39 is 22.8 Å². The summed E-state index contributed by atoms with van der Waals surface area (Å²) in [6.07, 6.45) is 0.827. The minimum Gasteiger partial charge on any atom is -0.462 e. The van der Waals surface area contributed by atoms with E-state index in [0.717, 1.165) is 18.6 Å². The zero-order chi connectivity index (χ0) is 21.6. The van der Waals surface area contributed by atoms with Crippen LogP contribution in [-0.2, 0) is 9.53 Å². The normalized spacial score (nSPS) is 16.0. The van der Waals surface area contributed by atoms with Crippen molar-refractivity contribution in [2.75, 3.05) is 24.8 Å². The molecule has 1 atom stereocenters. The highest BCUT2D eigenvalue weighted by Crippen LogP contribution is 2.26. The van der Waals surface area contributed by atoms with E-state index in [1.165, 1.54) is 22.7 Å². The highest BCUT2D eigenvalue weighted by Gasteiger charge is 2.35. The first-order valence-corrected chi connectivity index (χ1v) is 10.5. The van der Waals surface area contributed by atoms with Crippen LogP contribution in [0.2, 0.25) is 0 Å². The van der Waals surface area contributed by atoms with E-state index in [1.807, 2.05) is 0 Å². The molecule has 0 aliphatic carbocycles. The topological polar surface area (TPSA) is 119 Å². The molecular weight excluding hydrogens is 398 g/mol. The maximum atomic E-state index is 13.0. The zero-order valence-corrected chi connectivity index (χ0v) is 17.5. The lowest BCUT2D eigenvalue weighted by Crippen LogP contribution is -2.47. The maximum absolute atomic E-state index is 13.0. The second-order valence-electron chi connectivity index (χ2n) is 7.01. The third kappa shape index (κ3) is 5.93. The Hall–Kier alpha value is -2.62. The van der Waals surface area contributed by atoms with E-state index in [0.29, 0.717) is 24.1 Å². The number of nitro benzene ring substituents is 1. The molecule has 2 amide bonds. The Kier molecular flexibility index (Phi) is 8.00. The van der Waals surface area contributed by atoms with E-state index in [4.69, 9.17) is 4.74 Å². The van der Waals surface area contributed by atoms with E-state index in [-0.39, 0.29) is 29.3 Å². The SMILES string of the molecule is CCOC(=O)c1cc(C(=O)N2CSC[C@@H]2C(=O)NCCC(C)C)cc([N+](=O)[O-])c1. The fraction of sp³-hybridized carbons (Fsp3) is 0.526. The third-order valence-corrected chi connectivity index (χ3v) is 5.37. The molecule has 1 heterocycles. The maximum Gasteiger partial charge on any atom is 0.338 e. The summed E-state index contributed by atoms with van der Waals surface area (Å²) in [6.45, 7) is 6.34. The van der Waals surface area contributed by atoms with Crippen LogP contribution in [0.4, 0.5) is 5.69 Å². The molecule has 2 rings (SSSR count). The highest BCUT2D eigenvalue weighted by molar-refractivity contribution is 7.99. The number of nitro groups is 1. The molecule has 9 nitrogen and oxygen atoms in total. The Morgan fingerprint density at radius 1 is 1.31 bits per heavy atom. The summed E-state index contributed by atoms with van der Waals surface area (Å²) in [7, 11) is 0. The molecule has 1 aliphatic rings. The predicted molar refractivity (Wildman–Crippen MR) is 109 cm³/mol. The summed E-state index contributed by atoms with van der Waals surface area (Å²) < 4.78 is 4.89. The van der Waals surface area contributed by atoms with Gasteiger partial charge >= 0.3 is 5.97 Å². The van der Waals surface area contributed by atoms with Gasteiger partial charge in [-0.3, -0.25) is 19.7 Å². The standard InChI is InChI=1S/C19H25N3O6S/c1-4-28-19(25)14-7-13(8-15(9-14)22(26)27)18(24)21-11-29-10-16(21)17(23)20-6-5-12(2)3/h7-9,12,16H,4-6,10-11H2,1-3H3,(H,20,23)/t16-/m1/s1. The van der Waals surface area contributed by atoms with Crippen LogP contribution in [0.25, 0.3) is 0 Å². The van der Waals surface area contributed by atoms with Gasteiger partial charge in [-0.05, 0) is 25.3 Å². The van der Waals surface area contributed by atoms with Crippen molar-refractivity contribution >= 4 is 35.2 Å². The zero-order valence-electron chi connectivity index (χ0n) is 16.7. The molecule has 1 aliphatic heterocycles. The Balaban J connectivity index is 2.24. The molecule has 10 heteroatoms. The summed E-state index contributed by atoms with van der Waals surface area (Å²) in [5, 5.41) is 14.1. The van der Waals surface area contributed by atoms with Gasteiger partial charge in [-0.1, -0.05) is 13.8 Å². The van der Waals surface area contributed by atoms with Gasteiger partial charge in [0.15, 0.2) is 0 Å². The minimum absolute atomic E-state index is 0.0234. The van der Waals surface area contributed by atoms with Gasteiger partial charge in [0.2, 0.25) is 5.91 Å². The van der Waals surface area contributed by atoms with Crippen molar-refractivity contribution in [2.24, 2.45) is 5.92 Å². The Bertz CT molecular complexity index is 798. The number of hydrogen-bond donors (Lipinski definition) is 1. The van der Waals surface area contributed by atoms with Crippen molar-refractivity contribution in [2.45, 2.75) is 33.2 Å². The second-order valence-corrected chi connectivity index (χ2v) is 8.01. The average Bonchev–Trinajstić information content (AvgIpc) is 3.16. The van der Waals surface area contributed by atoms with Crippen LogP contribution in [0.3, 0.4) is 0 Å². The van der Waals surface area contributed by atoms with Gasteiger partial charge in [0.1, 0.15) is 6.04 Å². The molecule has 29 heavy (non-hydrogen) atoms. The first kappa shape index (κ1) is 22.7. The van der Waals surface area contributed by atoms with Gasteiger partial charge in [0.05, 0.1) is 23.0 Å². The van der Waals surface area contributed by atoms with E-state index in [2.05, 4.69) is 19.2 Å². The van der Waals surface area contributed by atoms with Crippen LogP contribution < -0.4 is 5.32 Å². The molecular formula is C19H25N3O6S. The number of thioether (sulfide) groups is 1. The lowest BCUT2D eigenvalue weighted by molar-refractivity contribution is -0.384. The summed E-state index contributed by atoms with van der Waals surface area (Å²) in [5.74, 6) is -0.355. The summed E-state index contributed by atoms with van der Waals surface area (Å²) >= 11 is 1.43. The molecule has 158 valence electrons. The number of non-ortho nitro benzene ring substituents is 1. The molecule has 0 saturated carbocycles. The predicted octanol–water partition coefficient (Wildman–Crippen LogP) is 2.45. The number of carbonyl (C=O) groups is 3. The van der Waals surface area contributed by atoms with Crippen LogP contribution in [0, 0.1) is 16.0 Å². The van der Waals surface area contributed by atoms with E-state index in [9.17, 15) is 24.5 Å². The van der Waals surface area contributed by atoms with Crippen molar-refractivity contribution in [3.05, 3.63) is 39.4 Å². The minimum atomic E-state index is -0.746. The monoisotopic (exact) mass is 423 g/mol. The number of carbonyl (C=O) groups excluding carboxylic acids is 3. The summed E-state index contributed by atoms with van der Waals surface area (Å²) in [5.41, 5.74) is -0.484.